The summed E-state index contributed by atoms with van der Waals surface area (Å²) in [7, 11) is 1.55. The van der Waals surface area contributed by atoms with Crippen molar-refractivity contribution in [1.29, 1.82) is 0 Å². The molecule has 0 amide bonds. The second-order valence-electron chi connectivity index (χ2n) is 4.62. The summed E-state index contributed by atoms with van der Waals surface area (Å²) in [5.41, 5.74) is 0.396. The zero-order chi connectivity index (χ0) is 12.5. The van der Waals surface area contributed by atoms with Crippen molar-refractivity contribution in [1.82, 2.24) is 5.32 Å². The molecule has 1 aliphatic heterocycles. The predicted octanol–water partition coefficient (Wildman–Crippen LogP) is 3.23. The minimum atomic E-state index is -2.45. The number of ether oxygens (including phenoxy) is 1. The van der Waals surface area contributed by atoms with Crippen molar-refractivity contribution in [3.8, 4) is 5.75 Å². The van der Waals surface area contributed by atoms with Crippen LogP contribution in [-0.2, 0) is 5.54 Å². The number of hydrogen-bond acceptors (Lipinski definition) is 2. The number of rotatable bonds is 3. The Hall–Kier alpha value is -1.16. The third kappa shape index (κ3) is 2.27. The Kier molecular flexibility index (Phi) is 3.33. The maximum absolute atomic E-state index is 13.0. The summed E-state index contributed by atoms with van der Waals surface area (Å²) in [6.07, 6.45) is -0.564. The van der Waals surface area contributed by atoms with Crippen LogP contribution in [0.3, 0.4) is 0 Å². The summed E-state index contributed by atoms with van der Waals surface area (Å²) in [6.45, 7) is 2.84. The molecule has 1 saturated heterocycles. The first-order chi connectivity index (χ1) is 8.07. The van der Waals surface area contributed by atoms with E-state index >= 15 is 0 Å². The van der Waals surface area contributed by atoms with Crippen LogP contribution < -0.4 is 10.1 Å². The molecule has 0 aromatic heterocycles. The van der Waals surface area contributed by atoms with Crippen LogP contribution in [0.2, 0.25) is 0 Å². The zero-order valence-electron chi connectivity index (χ0n) is 10.1. The highest BCUT2D eigenvalue weighted by molar-refractivity contribution is 5.41. The molecule has 2 rings (SSSR count). The fourth-order valence-electron chi connectivity index (χ4n) is 2.46. The van der Waals surface area contributed by atoms with Crippen LogP contribution in [0, 0.1) is 0 Å². The van der Waals surface area contributed by atoms with E-state index in [1.807, 2.05) is 6.92 Å². The second kappa shape index (κ2) is 4.61. The molecule has 1 aliphatic rings. The van der Waals surface area contributed by atoms with Gasteiger partial charge in [0.25, 0.3) is 6.43 Å². The van der Waals surface area contributed by atoms with Gasteiger partial charge in [-0.05, 0) is 50.1 Å². The van der Waals surface area contributed by atoms with E-state index in [9.17, 15) is 8.78 Å². The van der Waals surface area contributed by atoms with Gasteiger partial charge in [-0.2, -0.15) is 0 Å². The molecular formula is C13H17F2NO. The van der Waals surface area contributed by atoms with Gasteiger partial charge < -0.3 is 10.1 Å². The van der Waals surface area contributed by atoms with E-state index in [1.54, 1.807) is 19.2 Å². The van der Waals surface area contributed by atoms with E-state index in [0.29, 0.717) is 11.3 Å². The summed E-state index contributed by atoms with van der Waals surface area (Å²) in [4.78, 5) is 0. The molecule has 0 saturated carbocycles. The van der Waals surface area contributed by atoms with Gasteiger partial charge in [0.2, 0.25) is 0 Å². The van der Waals surface area contributed by atoms with Gasteiger partial charge in [0, 0.05) is 11.1 Å². The quantitative estimate of drug-likeness (QED) is 0.877. The van der Waals surface area contributed by atoms with Gasteiger partial charge in [-0.1, -0.05) is 0 Å². The van der Waals surface area contributed by atoms with Crippen LogP contribution in [0.15, 0.2) is 18.2 Å². The highest BCUT2D eigenvalue weighted by Crippen LogP contribution is 2.38. The van der Waals surface area contributed by atoms with E-state index in [0.717, 1.165) is 19.4 Å². The van der Waals surface area contributed by atoms with Crippen LogP contribution in [0.25, 0.3) is 0 Å². The standard InChI is InChI=1S/C13H17F2NO/c1-13(6-3-7-16-13)11-8-9(17-2)4-5-10(11)12(14)15/h4-5,8,12,16H,3,6-7H2,1-2H3. The van der Waals surface area contributed by atoms with Crippen molar-refractivity contribution in [3.63, 3.8) is 0 Å². The van der Waals surface area contributed by atoms with Gasteiger partial charge in [-0.15, -0.1) is 0 Å². The number of methoxy groups -OCH3 is 1. The molecule has 1 unspecified atom stereocenters. The van der Waals surface area contributed by atoms with Crippen LogP contribution in [0.5, 0.6) is 5.75 Å². The Labute approximate surface area is 100.0 Å². The summed E-state index contributed by atoms with van der Waals surface area (Å²) in [5.74, 6) is 0.624. The van der Waals surface area contributed by atoms with Crippen LogP contribution >= 0.6 is 0 Å². The predicted molar refractivity (Wildman–Crippen MR) is 62.5 cm³/mol. The van der Waals surface area contributed by atoms with Gasteiger partial charge in [0.1, 0.15) is 5.75 Å². The number of nitrogens with one attached hydrogen (secondary N) is 1. The lowest BCUT2D eigenvalue weighted by Crippen LogP contribution is -2.34. The Morgan fingerprint density at radius 2 is 2.18 bits per heavy atom. The second-order valence-corrected chi connectivity index (χ2v) is 4.62. The Morgan fingerprint density at radius 1 is 1.41 bits per heavy atom. The Morgan fingerprint density at radius 3 is 2.71 bits per heavy atom. The Balaban J connectivity index is 2.48. The van der Waals surface area contributed by atoms with E-state index in [2.05, 4.69) is 5.32 Å². The molecule has 0 bridgehead atoms. The van der Waals surface area contributed by atoms with Crippen molar-refractivity contribution < 1.29 is 13.5 Å². The normalized spacial score (nSPS) is 24.3. The molecule has 0 radical (unpaired) electrons. The molecule has 1 fully saturated rings. The maximum atomic E-state index is 13.0. The molecule has 1 aromatic rings. The average molecular weight is 241 g/mol. The minimum absolute atomic E-state index is 0.0997. The SMILES string of the molecule is COc1ccc(C(F)F)c(C2(C)CCCN2)c1. The fraction of sp³-hybridized carbons (Fsp3) is 0.538. The van der Waals surface area contributed by atoms with Crippen molar-refractivity contribution in [3.05, 3.63) is 29.3 Å². The molecule has 1 atom stereocenters. The molecule has 17 heavy (non-hydrogen) atoms. The highest BCUT2D eigenvalue weighted by atomic mass is 19.3. The van der Waals surface area contributed by atoms with Crippen LogP contribution in [0.4, 0.5) is 8.78 Å². The van der Waals surface area contributed by atoms with Crippen LogP contribution in [0.1, 0.15) is 37.3 Å². The van der Waals surface area contributed by atoms with Gasteiger partial charge in [-0.25, -0.2) is 8.78 Å². The number of alkyl halides is 2. The molecule has 1 aromatic carbocycles. The van der Waals surface area contributed by atoms with Gasteiger partial charge in [0.05, 0.1) is 7.11 Å². The monoisotopic (exact) mass is 241 g/mol. The minimum Gasteiger partial charge on any atom is -0.497 e. The number of benzene rings is 1. The van der Waals surface area contributed by atoms with Crippen LogP contribution in [-0.4, -0.2) is 13.7 Å². The topological polar surface area (TPSA) is 21.3 Å². The smallest absolute Gasteiger partial charge is 0.264 e. The van der Waals surface area contributed by atoms with Gasteiger partial charge >= 0.3 is 0 Å². The van der Waals surface area contributed by atoms with Crippen molar-refractivity contribution in [2.75, 3.05) is 13.7 Å². The molecule has 0 aliphatic carbocycles. The van der Waals surface area contributed by atoms with Crippen molar-refractivity contribution >= 4 is 0 Å². The molecular weight excluding hydrogens is 224 g/mol. The lowest BCUT2D eigenvalue weighted by atomic mass is 9.87. The highest BCUT2D eigenvalue weighted by Gasteiger charge is 2.34. The zero-order valence-corrected chi connectivity index (χ0v) is 10.1. The molecule has 0 spiro atoms. The summed E-state index contributed by atoms with van der Waals surface area (Å²) in [5, 5.41) is 3.31. The lowest BCUT2D eigenvalue weighted by molar-refractivity contribution is 0.147. The Bertz CT molecular complexity index is 400. The molecule has 1 N–H and O–H groups in total. The molecule has 1 heterocycles. The van der Waals surface area contributed by atoms with Gasteiger partial charge in [0.15, 0.2) is 0 Å². The first kappa shape index (κ1) is 12.3. The maximum Gasteiger partial charge on any atom is 0.264 e. The van der Waals surface area contributed by atoms with E-state index in [1.165, 1.54) is 6.07 Å². The summed E-state index contributed by atoms with van der Waals surface area (Å²) >= 11 is 0. The van der Waals surface area contributed by atoms with Crippen molar-refractivity contribution in [2.24, 2.45) is 0 Å². The third-order valence-electron chi connectivity index (χ3n) is 3.46. The average Bonchev–Trinajstić information content (AvgIpc) is 2.76. The molecule has 2 nitrogen and oxygen atoms in total. The fourth-order valence-corrected chi connectivity index (χ4v) is 2.46. The summed E-state index contributed by atoms with van der Waals surface area (Å²) < 4.78 is 31.2. The molecule has 94 valence electrons. The lowest BCUT2D eigenvalue weighted by Gasteiger charge is -2.28. The number of halogens is 2. The third-order valence-corrected chi connectivity index (χ3v) is 3.46. The first-order valence-corrected chi connectivity index (χ1v) is 5.78. The number of hydrogen-bond donors (Lipinski definition) is 1. The first-order valence-electron chi connectivity index (χ1n) is 5.78. The largest absolute Gasteiger partial charge is 0.497 e. The van der Waals surface area contributed by atoms with E-state index < -0.39 is 6.43 Å². The van der Waals surface area contributed by atoms with Crippen molar-refractivity contribution in [2.45, 2.75) is 31.7 Å². The molecule has 4 heteroatoms. The van der Waals surface area contributed by atoms with Gasteiger partial charge in [-0.3, -0.25) is 0 Å². The summed E-state index contributed by atoms with van der Waals surface area (Å²) in [6, 6.07) is 4.77. The van der Waals surface area contributed by atoms with E-state index in [4.69, 9.17) is 4.74 Å². The van der Waals surface area contributed by atoms with E-state index in [-0.39, 0.29) is 11.1 Å².